The molecule has 2 heterocycles. The number of carbonyl (C=O) groups is 2. The highest BCUT2D eigenvalue weighted by Crippen LogP contribution is 2.30. The topological polar surface area (TPSA) is 84.5 Å². The first kappa shape index (κ1) is 19.0. The van der Waals surface area contributed by atoms with Crippen LogP contribution in [-0.2, 0) is 11.0 Å². The molecule has 1 aromatic carbocycles. The van der Waals surface area contributed by atoms with E-state index in [0.717, 1.165) is 18.2 Å². The van der Waals surface area contributed by atoms with Crippen LogP contribution in [0.25, 0.3) is 6.08 Å². The van der Waals surface area contributed by atoms with Crippen LogP contribution in [0.1, 0.15) is 21.9 Å². The molecule has 0 saturated heterocycles. The lowest BCUT2D eigenvalue weighted by atomic mass is 10.2. The summed E-state index contributed by atoms with van der Waals surface area (Å²) in [5.74, 6) is -1.33. The van der Waals surface area contributed by atoms with Gasteiger partial charge in [0.25, 0.3) is 11.8 Å². The van der Waals surface area contributed by atoms with Gasteiger partial charge in [-0.05, 0) is 42.5 Å². The molecular formula is C19H13F3N2O4. The van der Waals surface area contributed by atoms with Crippen molar-refractivity contribution in [1.82, 2.24) is 5.32 Å². The number of carbonyl (C=O) groups excluding carboxylic acids is 2. The summed E-state index contributed by atoms with van der Waals surface area (Å²) in [6.45, 7) is 0. The van der Waals surface area contributed by atoms with Crippen molar-refractivity contribution in [3.05, 3.63) is 83.8 Å². The molecule has 0 saturated carbocycles. The number of hydrogen-bond acceptors (Lipinski definition) is 4. The lowest BCUT2D eigenvalue weighted by Gasteiger charge is -2.12. The maximum absolute atomic E-state index is 12.8. The Morgan fingerprint density at radius 3 is 2.36 bits per heavy atom. The molecule has 0 bridgehead atoms. The van der Waals surface area contributed by atoms with Crippen molar-refractivity contribution in [2.24, 2.45) is 0 Å². The van der Waals surface area contributed by atoms with E-state index in [9.17, 15) is 22.8 Å². The molecule has 6 nitrogen and oxygen atoms in total. The second-order valence-corrected chi connectivity index (χ2v) is 5.54. The van der Waals surface area contributed by atoms with Gasteiger partial charge in [0, 0.05) is 11.8 Å². The summed E-state index contributed by atoms with van der Waals surface area (Å²) in [5.41, 5.74) is -1.24. The number of hydrogen-bond donors (Lipinski definition) is 2. The van der Waals surface area contributed by atoms with Gasteiger partial charge in [0.05, 0.1) is 18.1 Å². The molecule has 0 aliphatic rings. The fourth-order valence-corrected chi connectivity index (χ4v) is 2.24. The van der Waals surface area contributed by atoms with Gasteiger partial charge in [-0.25, -0.2) is 0 Å². The van der Waals surface area contributed by atoms with Crippen molar-refractivity contribution in [3.63, 3.8) is 0 Å². The molecule has 0 radical (unpaired) electrons. The third-order valence-electron chi connectivity index (χ3n) is 3.52. The molecule has 0 aliphatic heterocycles. The van der Waals surface area contributed by atoms with E-state index < -0.39 is 23.6 Å². The number of benzene rings is 1. The largest absolute Gasteiger partial charge is 0.465 e. The van der Waals surface area contributed by atoms with E-state index in [-0.39, 0.29) is 22.9 Å². The standard InChI is InChI=1S/C19H13F3N2O4/c20-19(21,22)12-4-1-5-13(10-12)23-17(25)15(11-14-6-2-8-27-14)24-18(26)16-7-3-9-28-16/h1-11H,(H,23,25)(H,24,26). The van der Waals surface area contributed by atoms with Crippen molar-refractivity contribution >= 4 is 23.6 Å². The number of anilines is 1. The number of furan rings is 2. The number of alkyl halides is 3. The van der Waals surface area contributed by atoms with Crippen molar-refractivity contribution in [1.29, 1.82) is 0 Å². The summed E-state index contributed by atoms with van der Waals surface area (Å²) in [5, 5.41) is 4.68. The van der Waals surface area contributed by atoms with Crippen LogP contribution in [-0.4, -0.2) is 11.8 Å². The average Bonchev–Trinajstić information content (AvgIpc) is 3.34. The molecule has 2 N–H and O–H groups in total. The molecule has 0 aliphatic carbocycles. The first-order valence-electron chi connectivity index (χ1n) is 7.91. The highest BCUT2D eigenvalue weighted by Gasteiger charge is 2.30. The minimum absolute atomic E-state index is 0.0442. The Kier molecular flexibility index (Phi) is 5.35. The second-order valence-electron chi connectivity index (χ2n) is 5.54. The van der Waals surface area contributed by atoms with Gasteiger partial charge < -0.3 is 19.5 Å². The van der Waals surface area contributed by atoms with Crippen LogP contribution in [0.5, 0.6) is 0 Å². The van der Waals surface area contributed by atoms with E-state index >= 15 is 0 Å². The van der Waals surface area contributed by atoms with Gasteiger partial charge in [-0.1, -0.05) is 6.07 Å². The molecule has 144 valence electrons. The minimum atomic E-state index is -4.55. The van der Waals surface area contributed by atoms with Crippen molar-refractivity contribution in [3.8, 4) is 0 Å². The third-order valence-corrected chi connectivity index (χ3v) is 3.52. The lowest BCUT2D eigenvalue weighted by Crippen LogP contribution is -2.30. The molecule has 3 rings (SSSR count). The zero-order chi connectivity index (χ0) is 20.1. The van der Waals surface area contributed by atoms with Crippen molar-refractivity contribution in [2.75, 3.05) is 5.32 Å². The zero-order valence-electron chi connectivity index (χ0n) is 14.1. The molecule has 2 aromatic heterocycles. The van der Waals surface area contributed by atoms with Crippen LogP contribution in [0.15, 0.2) is 75.6 Å². The lowest BCUT2D eigenvalue weighted by molar-refractivity contribution is -0.137. The van der Waals surface area contributed by atoms with Gasteiger partial charge in [-0.2, -0.15) is 13.2 Å². The number of nitrogens with one attached hydrogen (secondary N) is 2. The van der Waals surface area contributed by atoms with Gasteiger partial charge >= 0.3 is 6.18 Å². The van der Waals surface area contributed by atoms with Gasteiger partial charge in [0.1, 0.15) is 11.5 Å². The summed E-state index contributed by atoms with van der Waals surface area (Å²) >= 11 is 0. The quantitative estimate of drug-likeness (QED) is 0.636. The zero-order valence-corrected chi connectivity index (χ0v) is 14.1. The number of amides is 2. The first-order chi connectivity index (χ1) is 13.3. The van der Waals surface area contributed by atoms with Gasteiger partial charge in [0.15, 0.2) is 5.76 Å². The fourth-order valence-electron chi connectivity index (χ4n) is 2.24. The van der Waals surface area contributed by atoms with Crippen LogP contribution < -0.4 is 10.6 Å². The Bertz CT molecular complexity index is 991. The summed E-state index contributed by atoms with van der Waals surface area (Å²) in [7, 11) is 0. The van der Waals surface area contributed by atoms with Gasteiger partial charge in [0.2, 0.25) is 0 Å². The van der Waals surface area contributed by atoms with Crippen LogP contribution in [0, 0.1) is 0 Å². The molecule has 0 unspecified atom stereocenters. The molecule has 0 atom stereocenters. The Labute approximate surface area is 156 Å². The van der Waals surface area contributed by atoms with E-state index in [0.29, 0.717) is 0 Å². The SMILES string of the molecule is O=C(Nc1cccc(C(F)(F)F)c1)C(=Cc1ccco1)NC(=O)c1ccco1. The summed E-state index contributed by atoms with van der Waals surface area (Å²) < 4.78 is 48.6. The average molecular weight is 390 g/mol. The van der Waals surface area contributed by atoms with Gasteiger partial charge in [-0.15, -0.1) is 0 Å². The summed E-state index contributed by atoms with van der Waals surface area (Å²) in [6.07, 6.45) is -0.666. The summed E-state index contributed by atoms with van der Waals surface area (Å²) in [4.78, 5) is 24.7. The smallest absolute Gasteiger partial charge is 0.416 e. The predicted octanol–water partition coefficient (Wildman–Crippen LogP) is 4.30. The minimum Gasteiger partial charge on any atom is -0.465 e. The van der Waals surface area contributed by atoms with Crippen LogP contribution >= 0.6 is 0 Å². The Balaban J connectivity index is 1.84. The highest BCUT2D eigenvalue weighted by molar-refractivity contribution is 6.10. The van der Waals surface area contributed by atoms with E-state index in [4.69, 9.17) is 8.83 Å². The van der Waals surface area contributed by atoms with E-state index in [1.807, 2.05) is 0 Å². The molecule has 0 fully saturated rings. The first-order valence-corrected chi connectivity index (χ1v) is 7.91. The normalized spacial score (nSPS) is 11.9. The molecular weight excluding hydrogens is 377 g/mol. The molecule has 0 spiro atoms. The van der Waals surface area contributed by atoms with Crippen LogP contribution in [0.3, 0.4) is 0 Å². The van der Waals surface area contributed by atoms with Crippen LogP contribution in [0.2, 0.25) is 0 Å². The predicted molar refractivity (Wildman–Crippen MR) is 92.9 cm³/mol. The second kappa shape index (κ2) is 7.87. The number of halogens is 3. The van der Waals surface area contributed by atoms with Crippen LogP contribution in [0.4, 0.5) is 18.9 Å². The Morgan fingerprint density at radius 1 is 0.964 bits per heavy atom. The number of rotatable bonds is 5. The van der Waals surface area contributed by atoms with Crippen molar-refractivity contribution < 1.29 is 31.6 Å². The maximum Gasteiger partial charge on any atom is 0.416 e. The fraction of sp³-hybridized carbons (Fsp3) is 0.0526. The van der Waals surface area contributed by atoms with Gasteiger partial charge in [-0.3, -0.25) is 9.59 Å². The summed E-state index contributed by atoms with van der Waals surface area (Å²) in [6, 6.07) is 10.1. The molecule has 28 heavy (non-hydrogen) atoms. The Morgan fingerprint density at radius 2 is 1.71 bits per heavy atom. The highest BCUT2D eigenvalue weighted by atomic mass is 19.4. The maximum atomic E-state index is 12.8. The molecule has 2 amide bonds. The van der Waals surface area contributed by atoms with Crippen molar-refractivity contribution in [2.45, 2.75) is 6.18 Å². The molecule has 9 heteroatoms. The third kappa shape index (κ3) is 4.70. The molecule has 3 aromatic rings. The van der Waals surface area contributed by atoms with E-state index in [1.165, 1.54) is 42.9 Å². The van der Waals surface area contributed by atoms with E-state index in [1.54, 1.807) is 6.07 Å². The Hall–Kier alpha value is -3.75. The van der Waals surface area contributed by atoms with E-state index in [2.05, 4.69) is 10.6 Å². The monoisotopic (exact) mass is 390 g/mol.